The van der Waals surface area contributed by atoms with Crippen LogP contribution in [0.25, 0.3) is 11.0 Å². The van der Waals surface area contributed by atoms with Crippen LogP contribution in [0.2, 0.25) is 0 Å². The van der Waals surface area contributed by atoms with Crippen LogP contribution in [0, 0.1) is 6.92 Å². The molecule has 0 unspecified atom stereocenters. The van der Waals surface area contributed by atoms with Gasteiger partial charge in [-0.2, -0.15) is 0 Å². The first-order valence-electron chi connectivity index (χ1n) is 4.92. The molecule has 0 saturated carbocycles. The largest absolute Gasteiger partial charge is 0.462 e. The van der Waals surface area contributed by atoms with Gasteiger partial charge in [0.1, 0.15) is 11.3 Å². The van der Waals surface area contributed by atoms with Crippen LogP contribution in [0.1, 0.15) is 23.0 Å². The minimum absolute atomic E-state index is 0.279. The molecule has 16 heavy (non-hydrogen) atoms. The summed E-state index contributed by atoms with van der Waals surface area (Å²) in [6, 6.07) is 1.33. The van der Waals surface area contributed by atoms with Crippen LogP contribution >= 0.6 is 0 Å². The van der Waals surface area contributed by atoms with E-state index in [4.69, 9.17) is 9.15 Å². The Labute approximate surface area is 91.0 Å². The number of aromatic amines is 1. The van der Waals surface area contributed by atoms with Crippen molar-refractivity contribution in [1.82, 2.24) is 4.98 Å². The molecule has 0 atom stereocenters. The first-order chi connectivity index (χ1) is 7.63. The number of aromatic nitrogens is 1. The molecule has 0 fully saturated rings. The van der Waals surface area contributed by atoms with Crippen molar-refractivity contribution in [3.63, 3.8) is 0 Å². The van der Waals surface area contributed by atoms with Crippen molar-refractivity contribution >= 4 is 16.9 Å². The van der Waals surface area contributed by atoms with E-state index in [1.165, 1.54) is 12.3 Å². The molecule has 0 aliphatic heterocycles. The Morgan fingerprint density at radius 3 is 3.00 bits per heavy atom. The van der Waals surface area contributed by atoms with Crippen LogP contribution in [0.15, 0.2) is 21.5 Å². The van der Waals surface area contributed by atoms with Crippen molar-refractivity contribution < 1.29 is 13.9 Å². The van der Waals surface area contributed by atoms with E-state index < -0.39 is 5.97 Å². The topological polar surface area (TPSA) is 72.3 Å². The van der Waals surface area contributed by atoms with Gasteiger partial charge in [-0.1, -0.05) is 0 Å². The number of rotatable bonds is 2. The highest BCUT2D eigenvalue weighted by atomic mass is 16.5. The van der Waals surface area contributed by atoms with Crippen LogP contribution in [0.5, 0.6) is 0 Å². The van der Waals surface area contributed by atoms with E-state index >= 15 is 0 Å². The fourth-order valence-corrected chi connectivity index (χ4v) is 1.60. The lowest BCUT2D eigenvalue weighted by atomic mass is 10.1. The summed E-state index contributed by atoms with van der Waals surface area (Å²) < 4.78 is 10.3. The molecule has 0 bridgehead atoms. The third kappa shape index (κ3) is 1.60. The molecule has 1 N–H and O–H groups in total. The van der Waals surface area contributed by atoms with Crippen molar-refractivity contribution in [1.29, 1.82) is 0 Å². The van der Waals surface area contributed by atoms with E-state index in [1.54, 1.807) is 13.8 Å². The summed E-state index contributed by atoms with van der Waals surface area (Å²) in [5.41, 5.74) is 0.516. The highest BCUT2D eigenvalue weighted by Crippen LogP contribution is 2.24. The average Bonchev–Trinajstić information content (AvgIpc) is 2.53. The summed E-state index contributed by atoms with van der Waals surface area (Å²) in [5, 5.41) is 0.486. The number of hydrogen-bond donors (Lipinski definition) is 1. The lowest BCUT2D eigenvalue weighted by Gasteiger charge is -1.99. The Morgan fingerprint density at radius 2 is 2.31 bits per heavy atom. The van der Waals surface area contributed by atoms with Crippen molar-refractivity contribution in [3.8, 4) is 0 Å². The maximum atomic E-state index is 11.7. The number of carbonyl (C=O) groups excluding carboxylic acids is 1. The summed E-state index contributed by atoms with van der Waals surface area (Å²) in [6.07, 6.45) is 1.44. The van der Waals surface area contributed by atoms with Gasteiger partial charge in [-0.25, -0.2) is 4.79 Å². The first kappa shape index (κ1) is 10.5. The Morgan fingerprint density at radius 1 is 1.56 bits per heavy atom. The summed E-state index contributed by atoms with van der Waals surface area (Å²) >= 11 is 0. The van der Waals surface area contributed by atoms with Crippen molar-refractivity contribution in [3.05, 3.63) is 33.9 Å². The van der Waals surface area contributed by atoms with Crippen LogP contribution < -0.4 is 5.56 Å². The zero-order chi connectivity index (χ0) is 11.7. The number of fused-ring (bicyclic) bond motifs is 1. The van der Waals surface area contributed by atoms with E-state index in [9.17, 15) is 9.59 Å². The van der Waals surface area contributed by atoms with E-state index in [0.29, 0.717) is 22.3 Å². The third-order valence-corrected chi connectivity index (χ3v) is 2.25. The van der Waals surface area contributed by atoms with E-state index in [0.717, 1.165) is 0 Å². The molecular weight excluding hydrogens is 210 g/mol. The molecular formula is C11H11NO4. The zero-order valence-electron chi connectivity index (χ0n) is 8.99. The number of furan rings is 1. The van der Waals surface area contributed by atoms with Crippen LogP contribution in [0.3, 0.4) is 0 Å². The fraction of sp³-hybridized carbons (Fsp3) is 0.273. The molecule has 2 heterocycles. The lowest BCUT2D eigenvalue weighted by molar-refractivity contribution is 0.0526. The second-order valence-electron chi connectivity index (χ2n) is 3.33. The molecule has 0 radical (unpaired) electrons. The highest BCUT2D eigenvalue weighted by Gasteiger charge is 2.19. The molecule has 5 nitrogen and oxygen atoms in total. The van der Waals surface area contributed by atoms with Crippen molar-refractivity contribution in [2.45, 2.75) is 13.8 Å². The Kier molecular flexibility index (Phi) is 2.52. The standard InChI is InChI=1S/C11H11NO4/c1-3-15-11(14)10-6(2)16-8-5-12-9(13)4-7(8)10/h4-5H,3H2,1-2H3,(H,12,13). The summed E-state index contributed by atoms with van der Waals surface area (Å²) in [7, 11) is 0. The van der Waals surface area contributed by atoms with E-state index in [-0.39, 0.29) is 12.2 Å². The maximum Gasteiger partial charge on any atom is 0.342 e. The number of H-pyrrole nitrogens is 1. The molecule has 0 spiro atoms. The molecule has 0 saturated heterocycles. The Bertz CT molecular complexity index is 594. The predicted molar refractivity (Wildman–Crippen MR) is 57.5 cm³/mol. The molecule has 0 aromatic carbocycles. The van der Waals surface area contributed by atoms with Crippen molar-refractivity contribution in [2.75, 3.05) is 6.61 Å². The van der Waals surface area contributed by atoms with Crippen LogP contribution in [0.4, 0.5) is 0 Å². The fourth-order valence-electron chi connectivity index (χ4n) is 1.60. The van der Waals surface area contributed by atoms with Gasteiger partial charge in [-0.05, 0) is 13.8 Å². The molecule has 0 aliphatic carbocycles. The van der Waals surface area contributed by atoms with Gasteiger partial charge in [0, 0.05) is 17.6 Å². The van der Waals surface area contributed by atoms with Crippen LogP contribution in [-0.2, 0) is 4.74 Å². The summed E-state index contributed by atoms with van der Waals surface area (Å²) in [4.78, 5) is 25.3. The number of aryl methyl sites for hydroxylation is 1. The van der Waals surface area contributed by atoms with E-state index in [1.807, 2.05) is 0 Å². The molecule has 2 rings (SSSR count). The zero-order valence-corrected chi connectivity index (χ0v) is 8.99. The SMILES string of the molecule is CCOC(=O)c1c(C)oc2c[nH]c(=O)cc12. The second-order valence-corrected chi connectivity index (χ2v) is 3.33. The number of hydrogen-bond acceptors (Lipinski definition) is 4. The van der Waals surface area contributed by atoms with Gasteiger partial charge >= 0.3 is 5.97 Å². The van der Waals surface area contributed by atoms with Gasteiger partial charge in [0.05, 0.1) is 6.61 Å². The Hall–Kier alpha value is -2.04. The van der Waals surface area contributed by atoms with Crippen molar-refractivity contribution in [2.24, 2.45) is 0 Å². The number of nitrogens with one attached hydrogen (secondary N) is 1. The van der Waals surface area contributed by atoms with E-state index in [2.05, 4.69) is 4.98 Å². The number of carbonyl (C=O) groups is 1. The minimum atomic E-state index is -0.468. The average molecular weight is 221 g/mol. The molecule has 5 heteroatoms. The molecule has 0 amide bonds. The first-order valence-corrected chi connectivity index (χ1v) is 4.92. The maximum absolute atomic E-state index is 11.7. The lowest BCUT2D eigenvalue weighted by Crippen LogP contribution is -2.07. The van der Waals surface area contributed by atoms with Gasteiger partial charge in [-0.15, -0.1) is 0 Å². The summed E-state index contributed by atoms with van der Waals surface area (Å²) in [6.45, 7) is 3.67. The Balaban J connectivity index is 2.67. The highest BCUT2D eigenvalue weighted by molar-refractivity contribution is 6.04. The van der Waals surface area contributed by atoms with Gasteiger partial charge in [0.15, 0.2) is 5.58 Å². The number of pyridine rings is 1. The monoisotopic (exact) mass is 221 g/mol. The van der Waals surface area contributed by atoms with Gasteiger partial charge in [0.25, 0.3) is 0 Å². The molecule has 2 aromatic heterocycles. The van der Waals surface area contributed by atoms with Gasteiger partial charge < -0.3 is 14.1 Å². The summed E-state index contributed by atoms with van der Waals surface area (Å²) in [5.74, 6) is -0.0169. The minimum Gasteiger partial charge on any atom is -0.462 e. The molecule has 2 aromatic rings. The third-order valence-electron chi connectivity index (χ3n) is 2.25. The second kappa shape index (κ2) is 3.84. The smallest absolute Gasteiger partial charge is 0.342 e. The van der Waals surface area contributed by atoms with Gasteiger partial charge in [-0.3, -0.25) is 4.79 Å². The van der Waals surface area contributed by atoms with Crippen LogP contribution in [-0.4, -0.2) is 17.6 Å². The number of esters is 1. The van der Waals surface area contributed by atoms with Gasteiger partial charge in [0.2, 0.25) is 5.56 Å². The molecule has 84 valence electrons. The quantitative estimate of drug-likeness (QED) is 0.782. The molecule has 0 aliphatic rings. The predicted octanol–water partition coefficient (Wildman–Crippen LogP) is 1.61. The normalized spacial score (nSPS) is 10.6. The number of ether oxygens (including phenoxy) is 1.